The number of piperidine rings is 2. The Balaban J connectivity index is 1.38. The van der Waals surface area contributed by atoms with E-state index in [-0.39, 0.29) is 29.6 Å². The van der Waals surface area contributed by atoms with Crippen molar-refractivity contribution in [2.45, 2.75) is 78.5 Å². The molecule has 2 aliphatic rings. The highest BCUT2D eigenvalue weighted by Crippen LogP contribution is 2.25. The first-order chi connectivity index (χ1) is 17.0. The molecule has 0 unspecified atom stereocenters. The van der Waals surface area contributed by atoms with Crippen molar-refractivity contribution in [2.24, 2.45) is 5.92 Å². The number of benzene rings is 1. The number of aryl methyl sites for hydroxylation is 2. The van der Waals surface area contributed by atoms with Crippen LogP contribution < -0.4 is 10.9 Å². The maximum atomic E-state index is 13.1. The highest BCUT2D eigenvalue weighted by molar-refractivity contribution is 5.82. The molecule has 2 saturated heterocycles. The lowest BCUT2D eigenvalue weighted by Crippen LogP contribution is -2.52. The molecule has 1 aromatic heterocycles. The molecule has 2 aliphatic heterocycles. The van der Waals surface area contributed by atoms with E-state index >= 15 is 0 Å². The second-order valence-electron chi connectivity index (χ2n) is 11.4. The van der Waals surface area contributed by atoms with Crippen LogP contribution in [0.3, 0.4) is 0 Å². The number of ether oxygens (including phenoxy) is 1. The van der Waals surface area contributed by atoms with Gasteiger partial charge in [0.05, 0.1) is 5.92 Å². The molecule has 1 N–H and O–H groups in total. The summed E-state index contributed by atoms with van der Waals surface area (Å²) in [6.07, 6.45) is 3.09. The van der Waals surface area contributed by atoms with Gasteiger partial charge in [0.2, 0.25) is 5.91 Å². The Morgan fingerprint density at radius 3 is 2.53 bits per heavy atom. The van der Waals surface area contributed by atoms with Crippen LogP contribution in [-0.4, -0.2) is 59.6 Å². The topological polar surface area (TPSA) is 92.1 Å². The summed E-state index contributed by atoms with van der Waals surface area (Å²) in [5, 5.41) is 4.20. The summed E-state index contributed by atoms with van der Waals surface area (Å²) < 4.78 is 11.0. The lowest BCUT2D eigenvalue weighted by atomic mass is 9.96. The summed E-state index contributed by atoms with van der Waals surface area (Å²) >= 11 is 0. The van der Waals surface area contributed by atoms with E-state index in [9.17, 15) is 14.4 Å². The van der Waals surface area contributed by atoms with Crippen LogP contribution in [0.25, 0.3) is 11.0 Å². The fourth-order valence-corrected chi connectivity index (χ4v) is 5.17. The average molecular weight is 498 g/mol. The molecule has 3 heterocycles. The van der Waals surface area contributed by atoms with Crippen LogP contribution in [0.15, 0.2) is 27.4 Å². The van der Waals surface area contributed by atoms with Gasteiger partial charge in [-0.1, -0.05) is 0 Å². The molecular weight excluding hydrogens is 458 g/mol. The molecule has 196 valence electrons. The van der Waals surface area contributed by atoms with E-state index in [0.29, 0.717) is 25.2 Å². The lowest BCUT2D eigenvalue weighted by molar-refractivity contribution is -0.127. The standard InChI is InChI=1S/C28H39N3O5/c1-18-12-23-21(14-25(32)35-24(23)13-19(18)2)15-30-10-7-9-22(17-30)29-26(33)20-8-6-11-31(16-20)27(34)36-28(3,4)5/h12-14,20,22H,6-11,15-17H2,1-5H3,(H,29,33)/t20-,22+/m0/s1. The van der Waals surface area contributed by atoms with E-state index < -0.39 is 5.60 Å². The minimum Gasteiger partial charge on any atom is -0.444 e. The van der Waals surface area contributed by atoms with Crippen molar-refractivity contribution in [3.8, 4) is 0 Å². The SMILES string of the molecule is Cc1cc2oc(=O)cc(CN3CCC[C@@H](NC(=O)[C@H]4CCCN(C(=O)OC(C)(C)C)C4)C3)c2cc1C. The Hall–Kier alpha value is -2.87. The normalized spacial score (nSPS) is 21.4. The van der Waals surface area contributed by atoms with E-state index in [1.807, 2.05) is 33.8 Å². The Labute approximate surface area is 213 Å². The number of hydrogen-bond donors (Lipinski definition) is 1. The molecule has 0 saturated carbocycles. The first kappa shape index (κ1) is 26.2. The molecular formula is C28H39N3O5. The zero-order valence-corrected chi connectivity index (χ0v) is 22.2. The van der Waals surface area contributed by atoms with Crippen LogP contribution in [0.5, 0.6) is 0 Å². The first-order valence-corrected chi connectivity index (χ1v) is 13.0. The van der Waals surface area contributed by atoms with Crippen LogP contribution in [0, 0.1) is 19.8 Å². The largest absolute Gasteiger partial charge is 0.444 e. The summed E-state index contributed by atoms with van der Waals surface area (Å²) in [5.74, 6) is -0.220. The number of hydrogen-bond acceptors (Lipinski definition) is 6. The second-order valence-corrected chi connectivity index (χ2v) is 11.4. The maximum Gasteiger partial charge on any atom is 0.410 e. The van der Waals surface area contributed by atoms with E-state index in [4.69, 9.17) is 9.15 Å². The molecule has 0 aliphatic carbocycles. The number of fused-ring (bicyclic) bond motifs is 1. The van der Waals surface area contributed by atoms with Gasteiger partial charge in [-0.2, -0.15) is 0 Å². The van der Waals surface area contributed by atoms with E-state index in [2.05, 4.69) is 23.2 Å². The molecule has 1 aromatic carbocycles. The Morgan fingerprint density at radius 1 is 1.06 bits per heavy atom. The van der Waals surface area contributed by atoms with Gasteiger partial charge >= 0.3 is 11.7 Å². The summed E-state index contributed by atoms with van der Waals surface area (Å²) in [5.41, 5.74) is 2.94. The predicted octanol–water partition coefficient (Wildman–Crippen LogP) is 4.14. The van der Waals surface area contributed by atoms with Gasteiger partial charge in [-0.15, -0.1) is 0 Å². The molecule has 2 aromatic rings. The quantitative estimate of drug-likeness (QED) is 0.639. The van der Waals surface area contributed by atoms with Crippen molar-refractivity contribution in [2.75, 3.05) is 26.2 Å². The van der Waals surface area contributed by atoms with Crippen molar-refractivity contribution in [1.29, 1.82) is 0 Å². The van der Waals surface area contributed by atoms with Crippen LogP contribution in [-0.2, 0) is 16.1 Å². The summed E-state index contributed by atoms with van der Waals surface area (Å²) in [7, 11) is 0. The van der Waals surface area contributed by atoms with Crippen LogP contribution in [0.4, 0.5) is 4.79 Å². The van der Waals surface area contributed by atoms with Crippen molar-refractivity contribution < 1.29 is 18.7 Å². The van der Waals surface area contributed by atoms with Crippen LogP contribution in [0.2, 0.25) is 0 Å². The van der Waals surface area contributed by atoms with Gasteiger partial charge in [-0.25, -0.2) is 9.59 Å². The van der Waals surface area contributed by atoms with Crippen molar-refractivity contribution >= 4 is 23.0 Å². The number of nitrogens with zero attached hydrogens (tertiary/aromatic N) is 2. The third-order valence-electron chi connectivity index (χ3n) is 7.13. The van der Waals surface area contributed by atoms with Gasteiger partial charge < -0.3 is 19.4 Å². The molecule has 0 spiro atoms. The minimum absolute atomic E-state index is 0.00649. The number of carbonyl (C=O) groups is 2. The van der Waals surface area contributed by atoms with Crippen LogP contribution in [0.1, 0.15) is 63.1 Å². The summed E-state index contributed by atoms with van der Waals surface area (Å²) in [4.78, 5) is 41.7. The van der Waals surface area contributed by atoms with Gasteiger partial charge in [-0.3, -0.25) is 9.69 Å². The van der Waals surface area contributed by atoms with E-state index in [1.165, 1.54) is 0 Å². The molecule has 0 bridgehead atoms. The van der Waals surface area contributed by atoms with Crippen molar-refractivity contribution in [1.82, 2.24) is 15.1 Å². The maximum absolute atomic E-state index is 13.1. The molecule has 2 amide bonds. The first-order valence-electron chi connectivity index (χ1n) is 13.0. The fraction of sp³-hybridized carbons (Fsp3) is 0.607. The smallest absolute Gasteiger partial charge is 0.410 e. The molecule has 4 rings (SSSR count). The van der Waals surface area contributed by atoms with Gasteiger partial charge in [0, 0.05) is 43.7 Å². The number of amides is 2. The zero-order valence-electron chi connectivity index (χ0n) is 22.2. The molecule has 36 heavy (non-hydrogen) atoms. The van der Waals surface area contributed by atoms with Crippen molar-refractivity contribution in [3.05, 3.63) is 45.3 Å². The van der Waals surface area contributed by atoms with Gasteiger partial charge in [-0.05, 0) is 95.7 Å². The average Bonchev–Trinajstić information content (AvgIpc) is 2.79. The molecule has 0 radical (unpaired) electrons. The lowest BCUT2D eigenvalue weighted by Gasteiger charge is -2.36. The Morgan fingerprint density at radius 2 is 1.78 bits per heavy atom. The van der Waals surface area contributed by atoms with Crippen LogP contribution >= 0.6 is 0 Å². The summed E-state index contributed by atoms with van der Waals surface area (Å²) in [6.45, 7) is 12.9. The highest BCUT2D eigenvalue weighted by atomic mass is 16.6. The Bertz CT molecular complexity index is 1180. The zero-order chi connectivity index (χ0) is 26.0. The fourth-order valence-electron chi connectivity index (χ4n) is 5.17. The number of likely N-dealkylation sites (tertiary alicyclic amines) is 2. The third-order valence-corrected chi connectivity index (χ3v) is 7.13. The Kier molecular flexibility index (Phi) is 7.73. The van der Waals surface area contributed by atoms with E-state index in [1.54, 1.807) is 11.0 Å². The molecule has 8 nitrogen and oxygen atoms in total. The molecule has 2 atom stereocenters. The molecule has 8 heteroatoms. The van der Waals surface area contributed by atoms with Gasteiger partial charge in [0.15, 0.2) is 0 Å². The highest BCUT2D eigenvalue weighted by Gasteiger charge is 2.32. The number of carbonyl (C=O) groups excluding carboxylic acids is 2. The van der Waals surface area contributed by atoms with Gasteiger partial charge in [0.1, 0.15) is 11.2 Å². The number of nitrogens with one attached hydrogen (secondary N) is 1. The van der Waals surface area contributed by atoms with Crippen molar-refractivity contribution in [3.63, 3.8) is 0 Å². The third kappa shape index (κ3) is 6.46. The predicted molar refractivity (Wildman–Crippen MR) is 139 cm³/mol. The minimum atomic E-state index is -0.555. The second kappa shape index (κ2) is 10.6. The van der Waals surface area contributed by atoms with E-state index in [0.717, 1.165) is 60.8 Å². The molecule has 2 fully saturated rings. The number of rotatable bonds is 4. The summed E-state index contributed by atoms with van der Waals surface area (Å²) in [6, 6.07) is 5.65. The van der Waals surface area contributed by atoms with Gasteiger partial charge in [0.25, 0.3) is 0 Å². The monoisotopic (exact) mass is 497 g/mol.